The Kier molecular flexibility index (Phi) is 3.92. The topological polar surface area (TPSA) is 58.7 Å². The second-order valence-corrected chi connectivity index (χ2v) is 5.94. The van der Waals surface area contributed by atoms with E-state index in [1.165, 1.54) is 12.1 Å². The van der Waals surface area contributed by atoms with E-state index in [1.54, 1.807) is 42.3 Å². The highest BCUT2D eigenvalue weighted by Gasteiger charge is 2.34. The van der Waals surface area contributed by atoms with Crippen LogP contribution in [0, 0.1) is 5.82 Å². The second-order valence-electron chi connectivity index (χ2n) is 5.50. The third-order valence-electron chi connectivity index (χ3n) is 4.01. The molecule has 2 N–H and O–H groups in total. The summed E-state index contributed by atoms with van der Waals surface area (Å²) in [5.41, 5.74) is 7.79. The van der Waals surface area contributed by atoms with Crippen molar-refractivity contribution >= 4 is 29.3 Å². The Balaban J connectivity index is 2.23. The minimum atomic E-state index is -1.25. The zero-order valence-corrected chi connectivity index (χ0v) is 13.2. The molecule has 2 aromatic carbocycles. The van der Waals surface area contributed by atoms with Crippen molar-refractivity contribution in [2.45, 2.75) is 5.66 Å². The van der Waals surface area contributed by atoms with Gasteiger partial charge in [0.05, 0.1) is 12.3 Å². The van der Waals surface area contributed by atoms with Gasteiger partial charge < -0.3 is 10.6 Å². The number of hydrogen-bond acceptors (Lipinski definition) is 4. The summed E-state index contributed by atoms with van der Waals surface area (Å²) in [6, 6.07) is 11.3. The third kappa shape index (κ3) is 2.73. The number of aliphatic imine (C=N–C) groups is 1. The number of benzodiazepines with no additional fused rings is 1. The highest BCUT2D eigenvalue weighted by atomic mass is 35.5. The first-order valence-corrected chi connectivity index (χ1v) is 7.42. The van der Waals surface area contributed by atoms with Gasteiger partial charge in [-0.3, -0.25) is 9.79 Å². The number of aldehydes is 1. The SMILES string of the molecule is CN1c2ccc(Cl)cc2C(c2ccc(F)cc2)=NCC1(N)C=O. The second kappa shape index (κ2) is 5.76. The lowest BCUT2D eigenvalue weighted by molar-refractivity contribution is -0.111. The minimum Gasteiger partial charge on any atom is -0.348 e. The lowest BCUT2D eigenvalue weighted by Crippen LogP contribution is -2.58. The Hall–Kier alpha value is -2.24. The summed E-state index contributed by atoms with van der Waals surface area (Å²) >= 11 is 6.13. The molecule has 0 fully saturated rings. The predicted molar refractivity (Wildman–Crippen MR) is 89.7 cm³/mol. The number of rotatable bonds is 2. The fourth-order valence-corrected chi connectivity index (χ4v) is 2.75. The van der Waals surface area contributed by atoms with Crippen LogP contribution in [0.5, 0.6) is 0 Å². The first-order chi connectivity index (χ1) is 10.9. The Morgan fingerprint density at radius 1 is 1.30 bits per heavy atom. The van der Waals surface area contributed by atoms with Crippen LogP contribution in [0.1, 0.15) is 11.1 Å². The van der Waals surface area contributed by atoms with Gasteiger partial charge in [-0.05, 0) is 42.5 Å². The molecule has 0 saturated carbocycles. The van der Waals surface area contributed by atoms with Crippen molar-refractivity contribution in [2.75, 3.05) is 18.5 Å². The van der Waals surface area contributed by atoms with Gasteiger partial charge in [0, 0.05) is 28.9 Å². The van der Waals surface area contributed by atoms with Gasteiger partial charge in [0.25, 0.3) is 0 Å². The smallest absolute Gasteiger partial charge is 0.165 e. The summed E-state index contributed by atoms with van der Waals surface area (Å²) in [5.74, 6) is -0.326. The molecule has 3 rings (SSSR count). The lowest BCUT2D eigenvalue weighted by Gasteiger charge is -2.33. The molecule has 1 unspecified atom stereocenters. The first kappa shape index (κ1) is 15.6. The fourth-order valence-electron chi connectivity index (χ4n) is 2.58. The van der Waals surface area contributed by atoms with Crippen LogP contribution >= 0.6 is 11.6 Å². The Bertz CT molecular complexity index is 791. The summed E-state index contributed by atoms with van der Waals surface area (Å²) in [6.07, 6.45) is 0.683. The van der Waals surface area contributed by atoms with E-state index < -0.39 is 5.66 Å². The summed E-state index contributed by atoms with van der Waals surface area (Å²) in [7, 11) is 1.74. The summed E-state index contributed by atoms with van der Waals surface area (Å²) in [4.78, 5) is 17.7. The molecule has 118 valence electrons. The number of carbonyl (C=O) groups is 1. The number of likely N-dealkylation sites (N-methyl/N-ethyl adjacent to an activating group) is 1. The van der Waals surface area contributed by atoms with E-state index in [-0.39, 0.29) is 12.4 Å². The van der Waals surface area contributed by atoms with Crippen LogP contribution in [0.2, 0.25) is 5.02 Å². The van der Waals surface area contributed by atoms with E-state index in [9.17, 15) is 9.18 Å². The van der Waals surface area contributed by atoms with E-state index >= 15 is 0 Å². The van der Waals surface area contributed by atoms with Gasteiger partial charge in [0.1, 0.15) is 5.82 Å². The molecule has 0 radical (unpaired) electrons. The average molecular weight is 332 g/mol. The molecule has 1 aliphatic heterocycles. The highest BCUT2D eigenvalue weighted by molar-refractivity contribution is 6.31. The van der Waals surface area contributed by atoms with Gasteiger partial charge in [0.2, 0.25) is 0 Å². The number of benzene rings is 2. The maximum atomic E-state index is 13.2. The van der Waals surface area contributed by atoms with E-state index in [1.807, 2.05) is 0 Å². The maximum Gasteiger partial charge on any atom is 0.165 e. The van der Waals surface area contributed by atoms with Crippen molar-refractivity contribution in [3.63, 3.8) is 0 Å². The zero-order chi connectivity index (χ0) is 16.6. The monoisotopic (exact) mass is 331 g/mol. The quantitative estimate of drug-likeness (QED) is 0.861. The molecule has 23 heavy (non-hydrogen) atoms. The van der Waals surface area contributed by atoms with Crippen LogP contribution in [0.25, 0.3) is 0 Å². The molecule has 4 nitrogen and oxygen atoms in total. The van der Waals surface area contributed by atoms with Crippen molar-refractivity contribution in [1.29, 1.82) is 0 Å². The Morgan fingerprint density at radius 3 is 2.65 bits per heavy atom. The van der Waals surface area contributed by atoms with Crippen molar-refractivity contribution in [3.8, 4) is 0 Å². The van der Waals surface area contributed by atoms with E-state index in [4.69, 9.17) is 17.3 Å². The van der Waals surface area contributed by atoms with Crippen molar-refractivity contribution in [3.05, 3.63) is 64.4 Å². The van der Waals surface area contributed by atoms with Crippen molar-refractivity contribution in [1.82, 2.24) is 0 Å². The molecule has 0 aliphatic carbocycles. The van der Waals surface area contributed by atoms with Gasteiger partial charge in [-0.25, -0.2) is 4.39 Å². The number of nitrogens with zero attached hydrogens (tertiary/aromatic N) is 2. The molecule has 1 heterocycles. The molecular weight excluding hydrogens is 317 g/mol. The number of anilines is 1. The van der Waals surface area contributed by atoms with Crippen molar-refractivity contribution in [2.24, 2.45) is 10.7 Å². The number of halogens is 2. The number of carbonyl (C=O) groups excluding carboxylic acids is 1. The minimum absolute atomic E-state index is 0.0893. The standard InChI is InChI=1S/C17H15ClFN3O/c1-22-15-7-4-12(18)8-14(15)16(21-9-17(22,20)10-23)11-2-5-13(19)6-3-11/h2-8,10H,9,20H2,1H3. The molecular formula is C17H15ClFN3O. The number of hydrogen-bond donors (Lipinski definition) is 1. The molecule has 2 aromatic rings. The van der Waals surface area contributed by atoms with Crippen LogP contribution < -0.4 is 10.6 Å². The molecule has 0 bridgehead atoms. The highest BCUT2D eigenvalue weighted by Crippen LogP contribution is 2.31. The van der Waals surface area contributed by atoms with Gasteiger partial charge >= 0.3 is 0 Å². The first-order valence-electron chi connectivity index (χ1n) is 7.04. The average Bonchev–Trinajstić information content (AvgIpc) is 2.65. The molecule has 0 amide bonds. The van der Waals surface area contributed by atoms with E-state index in [0.717, 1.165) is 16.8 Å². The predicted octanol–water partition coefficient (Wildman–Crippen LogP) is 2.62. The molecule has 0 spiro atoms. The van der Waals surface area contributed by atoms with Crippen LogP contribution in [-0.4, -0.2) is 31.3 Å². The largest absolute Gasteiger partial charge is 0.348 e. The summed E-state index contributed by atoms with van der Waals surface area (Å²) in [6.45, 7) is 0.0893. The summed E-state index contributed by atoms with van der Waals surface area (Å²) < 4.78 is 13.2. The lowest BCUT2D eigenvalue weighted by atomic mass is 10.00. The van der Waals surface area contributed by atoms with Gasteiger partial charge in [0.15, 0.2) is 11.9 Å². The van der Waals surface area contributed by atoms with Crippen LogP contribution in [0.3, 0.4) is 0 Å². The van der Waals surface area contributed by atoms with E-state index in [0.29, 0.717) is 17.0 Å². The summed E-state index contributed by atoms with van der Waals surface area (Å²) in [5, 5.41) is 0.544. The third-order valence-corrected chi connectivity index (χ3v) is 4.25. The zero-order valence-electron chi connectivity index (χ0n) is 12.5. The number of fused-ring (bicyclic) bond motifs is 1. The van der Waals surface area contributed by atoms with Crippen LogP contribution in [0.4, 0.5) is 10.1 Å². The number of nitrogens with two attached hydrogens (primary N) is 1. The maximum absolute atomic E-state index is 13.2. The van der Waals surface area contributed by atoms with Crippen LogP contribution in [0.15, 0.2) is 47.5 Å². The molecule has 6 heteroatoms. The Morgan fingerprint density at radius 2 is 2.00 bits per heavy atom. The van der Waals surface area contributed by atoms with Crippen molar-refractivity contribution < 1.29 is 9.18 Å². The molecule has 1 atom stereocenters. The molecule has 0 saturated heterocycles. The molecule has 1 aliphatic rings. The van der Waals surface area contributed by atoms with Gasteiger partial charge in [-0.2, -0.15) is 0 Å². The molecule has 0 aromatic heterocycles. The van der Waals surface area contributed by atoms with Gasteiger partial charge in [-0.1, -0.05) is 11.6 Å². The normalized spacial score (nSPS) is 20.5. The van der Waals surface area contributed by atoms with E-state index in [2.05, 4.69) is 4.99 Å². The van der Waals surface area contributed by atoms with Crippen LogP contribution in [-0.2, 0) is 4.79 Å². The Labute approximate surface area is 138 Å². The fraction of sp³-hybridized carbons (Fsp3) is 0.176. The van der Waals surface area contributed by atoms with Gasteiger partial charge in [-0.15, -0.1) is 0 Å².